The third kappa shape index (κ3) is 1.19. The summed E-state index contributed by atoms with van der Waals surface area (Å²) in [7, 11) is 0. The number of hydrogen-bond donors (Lipinski definition) is 2. The Labute approximate surface area is 77.5 Å². The van der Waals surface area contributed by atoms with Crippen molar-refractivity contribution in [3.05, 3.63) is 23.7 Å². The summed E-state index contributed by atoms with van der Waals surface area (Å²) in [6.07, 6.45) is 2.65. The molecular formula is C10H15NO2. The van der Waals surface area contributed by atoms with Gasteiger partial charge in [-0.2, -0.15) is 0 Å². The smallest absolute Gasteiger partial charge is 0.110 e. The van der Waals surface area contributed by atoms with Crippen molar-refractivity contribution in [2.45, 2.75) is 19.3 Å². The van der Waals surface area contributed by atoms with Gasteiger partial charge in [0.15, 0.2) is 0 Å². The fourth-order valence-electron chi connectivity index (χ4n) is 1.92. The van der Waals surface area contributed by atoms with Crippen molar-refractivity contribution in [1.29, 1.82) is 0 Å². The van der Waals surface area contributed by atoms with Gasteiger partial charge in [-0.3, -0.25) is 0 Å². The van der Waals surface area contributed by atoms with E-state index in [0.29, 0.717) is 12.5 Å². The molecule has 1 saturated carbocycles. The summed E-state index contributed by atoms with van der Waals surface area (Å²) in [6, 6.07) is 1.95. The molecule has 3 nitrogen and oxygen atoms in total. The van der Waals surface area contributed by atoms with Gasteiger partial charge in [-0.25, -0.2) is 0 Å². The lowest BCUT2D eigenvalue weighted by atomic mass is 10.0. The summed E-state index contributed by atoms with van der Waals surface area (Å²) in [6.45, 7) is 2.72. The molecule has 2 unspecified atom stereocenters. The molecule has 72 valence electrons. The summed E-state index contributed by atoms with van der Waals surface area (Å²) in [5.74, 6) is 1.33. The van der Waals surface area contributed by atoms with Gasteiger partial charge in [-0.15, -0.1) is 0 Å². The van der Waals surface area contributed by atoms with E-state index in [2.05, 4.69) is 0 Å². The van der Waals surface area contributed by atoms with Crippen LogP contribution in [0.2, 0.25) is 0 Å². The minimum absolute atomic E-state index is 0.0946. The standard InChI is InChI=1S/C10H15NO2/c1-7-2-3-13-9(7)8-4-10(8,5-11)6-12/h2-3,8,12H,4-6,11H2,1H3. The van der Waals surface area contributed by atoms with Gasteiger partial charge < -0.3 is 15.3 Å². The van der Waals surface area contributed by atoms with Crippen LogP contribution in [0.3, 0.4) is 0 Å². The van der Waals surface area contributed by atoms with E-state index in [4.69, 9.17) is 10.2 Å². The van der Waals surface area contributed by atoms with E-state index >= 15 is 0 Å². The number of furan rings is 1. The Morgan fingerprint density at radius 2 is 2.54 bits per heavy atom. The highest BCUT2D eigenvalue weighted by Gasteiger charge is 2.55. The first-order valence-corrected chi connectivity index (χ1v) is 4.58. The fraction of sp³-hybridized carbons (Fsp3) is 0.600. The topological polar surface area (TPSA) is 59.4 Å². The van der Waals surface area contributed by atoms with Gasteiger partial charge in [0.1, 0.15) is 5.76 Å². The Hall–Kier alpha value is -0.800. The van der Waals surface area contributed by atoms with Crippen molar-refractivity contribution < 1.29 is 9.52 Å². The summed E-state index contributed by atoms with van der Waals surface area (Å²) < 4.78 is 5.38. The number of aliphatic hydroxyl groups excluding tert-OH is 1. The van der Waals surface area contributed by atoms with E-state index in [0.717, 1.165) is 17.7 Å². The van der Waals surface area contributed by atoms with Crippen molar-refractivity contribution in [2.75, 3.05) is 13.2 Å². The molecule has 13 heavy (non-hydrogen) atoms. The first-order valence-electron chi connectivity index (χ1n) is 4.58. The maximum atomic E-state index is 9.19. The van der Waals surface area contributed by atoms with Crippen molar-refractivity contribution in [3.8, 4) is 0 Å². The summed E-state index contributed by atoms with van der Waals surface area (Å²) >= 11 is 0. The van der Waals surface area contributed by atoms with Gasteiger partial charge in [0.2, 0.25) is 0 Å². The summed E-state index contributed by atoms with van der Waals surface area (Å²) in [4.78, 5) is 0. The Kier molecular flexibility index (Phi) is 1.93. The van der Waals surface area contributed by atoms with E-state index in [-0.39, 0.29) is 12.0 Å². The molecule has 2 atom stereocenters. The van der Waals surface area contributed by atoms with E-state index in [1.165, 1.54) is 0 Å². The van der Waals surface area contributed by atoms with Crippen molar-refractivity contribution in [3.63, 3.8) is 0 Å². The monoisotopic (exact) mass is 181 g/mol. The zero-order valence-corrected chi connectivity index (χ0v) is 7.79. The summed E-state index contributed by atoms with van der Waals surface area (Å²) in [5, 5.41) is 9.19. The van der Waals surface area contributed by atoms with Crippen LogP contribution in [0.15, 0.2) is 16.7 Å². The maximum Gasteiger partial charge on any atom is 0.110 e. The molecule has 0 aromatic carbocycles. The Balaban J connectivity index is 2.19. The average molecular weight is 181 g/mol. The van der Waals surface area contributed by atoms with Crippen LogP contribution >= 0.6 is 0 Å². The molecule has 1 aliphatic rings. The lowest BCUT2D eigenvalue weighted by molar-refractivity contribution is 0.208. The van der Waals surface area contributed by atoms with Crippen LogP contribution in [0.4, 0.5) is 0 Å². The number of hydrogen-bond acceptors (Lipinski definition) is 3. The number of aliphatic hydroxyl groups is 1. The molecule has 1 aromatic rings. The molecule has 2 rings (SSSR count). The molecule has 0 saturated heterocycles. The van der Waals surface area contributed by atoms with Crippen LogP contribution in [-0.4, -0.2) is 18.3 Å². The summed E-state index contributed by atoms with van der Waals surface area (Å²) in [5.41, 5.74) is 6.69. The zero-order valence-electron chi connectivity index (χ0n) is 7.79. The third-order valence-electron chi connectivity index (χ3n) is 3.13. The average Bonchev–Trinajstić information content (AvgIpc) is 2.74. The number of rotatable bonds is 3. The molecule has 1 aliphatic carbocycles. The fourth-order valence-corrected chi connectivity index (χ4v) is 1.92. The second kappa shape index (κ2) is 2.86. The van der Waals surface area contributed by atoms with E-state index in [1.54, 1.807) is 6.26 Å². The highest BCUT2D eigenvalue weighted by Crippen LogP contribution is 2.58. The van der Waals surface area contributed by atoms with E-state index in [9.17, 15) is 5.11 Å². The van der Waals surface area contributed by atoms with Crippen LogP contribution in [0.25, 0.3) is 0 Å². The maximum absolute atomic E-state index is 9.19. The quantitative estimate of drug-likeness (QED) is 0.731. The molecule has 3 heteroatoms. The van der Waals surface area contributed by atoms with Crippen LogP contribution in [0.1, 0.15) is 23.7 Å². The van der Waals surface area contributed by atoms with Gasteiger partial charge in [0, 0.05) is 17.9 Å². The Morgan fingerprint density at radius 3 is 2.92 bits per heavy atom. The van der Waals surface area contributed by atoms with Gasteiger partial charge in [0.25, 0.3) is 0 Å². The second-order valence-corrected chi connectivity index (χ2v) is 3.95. The third-order valence-corrected chi connectivity index (χ3v) is 3.13. The number of nitrogens with two attached hydrogens (primary N) is 1. The van der Waals surface area contributed by atoms with Crippen molar-refractivity contribution in [2.24, 2.45) is 11.1 Å². The zero-order chi connectivity index (χ0) is 9.47. The predicted molar refractivity (Wildman–Crippen MR) is 49.4 cm³/mol. The van der Waals surface area contributed by atoms with Gasteiger partial charge in [-0.1, -0.05) is 0 Å². The molecule has 0 amide bonds. The Morgan fingerprint density at radius 1 is 1.77 bits per heavy atom. The molecular weight excluding hydrogens is 166 g/mol. The lowest BCUT2D eigenvalue weighted by Gasteiger charge is -2.09. The van der Waals surface area contributed by atoms with E-state index in [1.807, 2.05) is 13.0 Å². The second-order valence-electron chi connectivity index (χ2n) is 3.95. The molecule has 1 fully saturated rings. The SMILES string of the molecule is Cc1ccoc1C1CC1(CN)CO. The van der Waals surface area contributed by atoms with E-state index < -0.39 is 0 Å². The molecule has 0 spiro atoms. The highest BCUT2D eigenvalue weighted by molar-refractivity contribution is 5.28. The van der Waals surface area contributed by atoms with Crippen LogP contribution in [-0.2, 0) is 0 Å². The first kappa shape index (κ1) is 8.78. The minimum atomic E-state index is -0.0946. The minimum Gasteiger partial charge on any atom is -0.469 e. The normalized spacial score (nSPS) is 32.1. The molecule has 1 aromatic heterocycles. The molecule has 1 heterocycles. The van der Waals surface area contributed by atoms with Crippen LogP contribution in [0.5, 0.6) is 0 Å². The van der Waals surface area contributed by atoms with Gasteiger partial charge >= 0.3 is 0 Å². The molecule has 3 N–H and O–H groups in total. The van der Waals surface area contributed by atoms with Crippen molar-refractivity contribution in [1.82, 2.24) is 0 Å². The molecule has 0 radical (unpaired) electrons. The Bertz CT molecular complexity index is 302. The highest BCUT2D eigenvalue weighted by atomic mass is 16.3. The lowest BCUT2D eigenvalue weighted by Crippen LogP contribution is -2.21. The largest absolute Gasteiger partial charge is 0.469 e. The van der Waals surface area contributed by atoms with Gasteiger partial charge in [-0.05, 0) is 25.0 Å². The predicted octanol–water partition coefficient (Wildman–Crippen LogP) is 1.01. The molecule has 0 aliphatic heterocycles. The van der Waals surface area contributed by atoms with Crippen LogP contribution in [0, 0.1) is 12.3 Å². The van der Waals surface area contributed by atoms with Crippen LogP contribution < -0.4 is 5.73 Å². The number of aryl methyl sites for hydroxylation is 1. The van der Waals surface area contributed by atoms with Crippen molar-refractivity contribution >= 4 is 0 Å². The van der Waals surface area contributed by atoms with Gasteiger partial charge in [0.05, 0.1) is 12.9 Å². The molecule has 0 bridgehead atoms. The first-order chi connectivity index (χ1) is 6.23.